The maximum absolute atomic E-state index is 12.0. The minimum Gasteiger partial charge on any atom is -0.394 e. The molecule has 0 saturated carbocycles. The predicted octanol–water partition coefficient (Wildman–Crippen LogP) is 0.806. The number of hydrogen-bond donors (Lipinski definition) is 2. The summed E-state index contributed by atoms with van der Waals surface area (Å²) in [6.07, 6.45) is 1.04. The molecule has 102 valence electrons. The van der Waals surface area contributed by atoms with E-state index in [9.17, 15) is 14.7 Å². The second-order valence-electron chi connectivity index (χ2n) is 4.64. The number of imide groups is 1. The van der Waals surface area contributed by atoms with Gasteiger partial charge in [0.05, 0.1) is 23.8 Å². The van der Waals surface area contributed by atoms with E-state index in [-0.39, 0.29) is 18.4 Å². The number of carbonyl (C=O) groups is 2. The zero-order valence-corrected chi connectivity index (χ0v) is 10.6. The van der Waals surface area contributed by atoms with Crippen molar-refractivity contribution in [3.8, 4) is 0 Å². The van der Waals surface area contributed by atoms with Crippen molar-refractivity contribution in [3.63, 3.8) is 0 Å². The van der Waals surface area contributed by atoms with Gasteiger partial charge in [0, 0.05) is 6.54 Å². The summed E-state index contributed by atoms with van der Waals surface area (Å²) < 4.78 is 0. The molecule has 2 rings (SSSR count). The van der Waals surface area contributed by atoms with Crippen LogP contribution in [0.1, 0.15) is 40.0 Å². The summed E-state index contributed by atoms with van der Waals surface area (Å²) in [7, 11) is 0. The number of hydrogen-bond acceptors (Lipinski definition) is 4. The molecule has 5 nitrogen and oxygen atoms in total. The number of aliphatic hydroxyl groups is 2. The van der Waals surface area contributed by atoms with Gasteiger partial charge in [-0.25, -0.2) is 0 Å². The minimum atomic E-state index is -0.720. The van der Waals surface area contributed by atoms with Gasteiger partial charge in [-0.15, -0.1) is 0 Å². The van der Waals surface area contributed by atoms with Crippen LogP contribution in [-0.2, 0) is 0 Å². The molecule has 1 aliphatic heterocycles. The van der Waals surface area contributed by atoms with Crippen LogP contribution in [-0.4, -0.2) is 46.2 Å². The van der Waals surface area contributed by atoms with Crippen LogP contribution in [0.5, 0.6) is 0 Å². The van der Waals surface area contributed by atoms with Gasteiger partial charge in [-0.3, -0.25) is 14.5 Å². The van der Waals surface area contributed by atoms with Crippen molar-refractivity contribution in [1.82, 2.24) is 4.90 Å². The highest BCUT2D eigenvalue weighted by atomic mass is 16.3. The minimum absolute atomic E-state index is 0.247. The van der Waals surface area contributed by atoms with Gasteiger partial charge in [0.25, 0.3) is 11.8 Å². The summed E-state index contributed by atoms with van der Waals surface area (Å²) in [6.45, 7) is 0.0948. The maximum Gasteiger partial charge on any atom is 0.261 e. The van der Waals surface area contributed by atoms with Gasteiger partial charge in [0.2, 0.25) is 0 Å². The molecule has 0 aromatic heterocycles. The molecule has 0 bridgehead atoms. The Kier molecular flexibility index (Phi) is 4.29. The highest BCUT2D eigenvalue weighted by Gasteiger charge is 2.34. The number of fused-ring (bicyclic) bond motifs is 1. The van der Waals surface area contributed by atoms with E-state index in [0.29, 0.717) is 36.9 Å². The number of nitrogens with zero attached hydrogens (tertiary/aromatic N) is 1. The standard InChI is InChI=1S/C14H17NO4/c16-9-10(17)5-3-4-8-15-13(18)11-6-1-2-7-12(11)14(15)19/h1-2,6-7,10,16-17H,3-5,8-9H2. The molecule has 19 heavy (non-hydrogen) atoms. The van der Waals surface area contributed by atoms with Crippen LogP contribution in [0.3, 0.4) is 0 Å². The first-order chi connectivity index (χ1) is 9.15. The molecule has 1 aliphatic rings. The largest absolute Gasteiger partial charge is 0.394 e. The van der Waals surface area contributed by atoms with E-state index < -0.39 is 6.10 Å². The molecular weight excluding hydrogens is 246 g/mol. The van der Waals surface area contributed by atoms with Crippen molar-refractivity contribution in [2.75, 3.05) is 13.2 Å². The Morgan fingerprint density at radius 2 is 1.63 bits per heavy atom. The quantitative estimate of drug-likeness (QED) is 0.588. The molecule has 1 atom stereocenters. The topological polar surface area (TPSA) is 77.8 Å². The Balaban J connectivity index is 1.90. The van der Waals surface area contributed by atoms with Gasteiger partial charge in [0.15, 0.2) is 0 Å². The van der Waals surface area contributed by atoms with E-state index in [2.05, 4.69) is 0 Å². The molecule has 1 aromatic carbocycles. The average molecular weight is 263 g/mol. The van der Waals surface area contributed by atoms with Crippen LogP contribution in [0.15, 0.2) is 24.3 Å². The van der Waals surface area contributed by atoms with E-state index in [1.807, 2.05) is 0 Å². The van der Waals surface area contributed by atoms with Crippen LogP contribution in [0.2, 0.25) is 0 Å². The predicted molar refractivity (Wildman–Crippen MR) is 68.8 cm³/mol. The summed E-state index contributed by atoms with van der Waals surface area (Å²) in [5, 5.41) is 17.9. The highest BCUT2D eigenvalue weighted by Crippen LogP contribution is 2.22. The molecule has 0 saturated heterocycles. The number of unbranched alkanes of at least 4 members (excludes halogenated alkanes) is 1. The Hall–Kier alpha value is -1.72. The summed E-state index contributed by atoms with van der Waals surface area (Å²) >= 11 is 0. The zero-order valence-electron chi connectivity index (χ0n) is 10.6. The fourth-order valence-electron chi connectivity index (χ4n) is 2.18. The molecular formula is C14H17NO4. The lowest BCUT2D eigenvalue weighted by Crippen LogP contribution is -2.30. The van der Waals surface area contributed by atoms with Gasteiger partial charge in [-0.05, 0) is 31.4 Å². The van der Waals surface area contributed by atoms with Crippen molar-refractivity contribution in [2.45, 2.75) is 25.4 Å². The molecule has 2 amide bonds. The highest BCUT2D eigenvalue weighted by molar-refractivity contribution is 6.21. The van der Waals surface area contributed by atoms with E-state index in [1.165, 1.54) is 4.90 Å². The Morgan fingerprint density at radius 1 is 1.05 bits per heavy atom. The number of benzene rings is 1. The molecule has 5 heteroatoms. The summed E-state index contributed by atoms with van der Waals surface area (Å²) in [5.74, 6) is -0.494. The maximum atomic E-state index is 12.0. The van der Waals surface area contributed by atoms with Crippen LogP contribution < -0.4 is 0 Å². The van der Waals surface area contributed by atoms with Crippen molar-refractivity contribution in [2.24, 2.45) is 0 Å². The molecule has 0 spiro atoms. The van der Waals surface area contributed by atoms with E-state index in [1.54, 1.807) is 24.3 Å². The Morgan fingerprint density at radius 3 is 2.16 bits per heavy atom. The molecule has 0 aliphatic carbocycles. The van der Waals surface area contributed by atoms with Crippen LogP contribution in [0.4, 0.5) is 0 Å². The molecule has 1 unspecified atom stereocenters. The first-order valence-corrected chi connectivity index (χ1v) is 6.39. The normalized spacial score (nSPS) is 15.8. The molecule has 0 radical (unpaired) electrons. The van der Waals surface area contributed by atoms with Crippen molar-refractivity contribution < 1.29 is 19.8 Å². The summed E-state index contributed by atoms with van der Waals surface area (Å²) in [6, 6.07) is 6.80. The fraction of sp³-hybridized carbons (Fsp3) is 0.429. The van der Waals surface area contributed by atoms with Gasteiger partial charge >= 0.3 is 0 Å². The second kappa shape index (κ2) is 5.95. The number of rotatable bonds is 6. The number of aliphatic hydroxyl groups excluding tert-OH is 2. The van der Waals surface area contributed by atoms with Gasteiger partial charge in [-0.1, -0.05) is 12.1 Å². The lowest BCUT2D eigenvalue weighted by molar-refractivity contribution is 0.0642. The van der Waals surface area contributed by atoms with E-state index in [4.69, 9.17) is 5.11 Å². The number of amides is 2. The van der Waals surface area contributed by atoms with Crippen molar-refractivity contribution in [1.29, 1.82) is 0 Å². The van der Waals surface area contributed by atoms with Crippen LogP contribution in [0.25, 0.3) is 0 Å². The fourth-order valence-corrected chi connectivity index (χ4v) is 2.18. The first kappa shape index (κ1) is 13.7. The summed E-state index contributed by atoms with van der Waals surface area (Å²) in [5.41, 5.74) is 0.922. The van der Waals surface area contributed by atoms with E-state index >= 15 is 0 Å². The van der Waals surface area contributed by atoms with Crippen molar-refractivity contribution >= 4 is 11.8 Å². The Bertz CT molecular complexity index is 451. The zero-order chi connectivity index (χ0) is 13.8. The van der Waals surface area contributed by atoms with Gasteiger partial charge in [-0.2, -0.15) is 0 Å². The third-order valence-electron chi connectivity index (χ3n) is 3.26. The number of carbonyl (C=O) groups excluding carboxylic acids is 2. The average Bonchev–Trinajstić information content (AvgIpc) is 2.68. The SMILES string of the molecule is O=C1c2ccccc2C(=O)N1CCCCC(O)CO. The lowest BCUT2D eigenvalue weighted by atomic mass is 10.1. The summed E-state index contributed by atoms with van der Waals surface area (Å²) in [4.78, 5) is 25.3. The molecule has 1 heterocycles. The first-order valence-electron chi connectivity index (χ1n) is 6.39. The Labute approximate surface area is 111 Å². The van der Waals surface area contributed by atoms with Crippen LogP contribution in [0, 0.1) is 0 Å². The van der Waals surface area contributed by atoms with Gasteiger partial charge < -0.3 is 10.2 Å². The third-order valence-corrected chi connectivity index (χ3v) is 3.26. The monoisotopic (exact) mass is 263 g/mol. The lowest BCUT2D eigenvalue weighted by Gasteiger charge is -2.14. The van der Waals surface area contributed by atoms with E-state index in [0.717, 1.165) is 0 Å². The molecule has 2 N–H and O–H groups in total. The van der Waals surface area contributed by atoms with Gasteiger partial charge in [0.1, 0.15) is 0 Å². The smallest absolute Gasteiger partial charge is 0.261 e. The molecule has 0 fully saturated rings. The van der Waals surface area contributed by atoms with Crippen molar-refractivity contribution in [3.05, 3.63) is 35.4 Å². The van der Waals surface area contributed by atoms with Crippen LogP contribution >= 0.6 is 0 Å². The third kappa shape index (κ3) is 2.83. The second-order valence-corrected chi connectivity index (χ2v) is 4.64. The molecule has 1 aromatic rings.